The number of methoxy groups -OCH3 is 1. The van der Waals surface area contributed by atoms with E-state index in [4.69, 9.17) is 36.8 Å². The number of ether oxygens (including phenoxy) is 2. The van der Waals surface area contributed by atoms with E-state index in [0.717, 1.165) is 12.0 Å². The lowest BCUT2D eigenvalue weighted by Crippen LogP contribution is -2.73. The number of halogens is 1. The van der Waals surface area contributed by atoms with Gasteiger partial charge in [-0.15, -0.1) is 0 Å². The van der Waals surface area contributed by atoms with Crippen molar-refractivity contribution in [2.75, 3.05) is 44.8 Å². The first-order valence-corrected chi connectivity index (χ1v) is 13.4. The van der Waals surface area contributed by atoms with Crippen molar-refractivity contribution in [1.82, 2.24) is 14.9 Å². The molecule has 2 fully saturated rings. The Bertz CT molecular complexity index is 1300. The normalized spacial score (nSPS) is 17.2. The highest BCUT2D eigenvalue weighted by Gasteiger charge is 2.54. The number of nitrogens with two attached hydrogens (primary N) is 1. The fourth-order valence-corrected chi connectivity index (χ4v) is 5.52. The highest BCUT2D eigenvalue weighted by molar-refractivity contribution is 6.33. The smallest absolute Gasteiger partial charge is 0.409 e. The number of benzene rings is 1. The van der Waals surface area contributed by atoms with Gasteiger partial charge in [0.1, 0.15) is 18.2 Å². The maximum atomic E-state index is 12.6. The number of Topliss-reactive ketones (excluding diaryl/α,β-unsaturated/α-hetero) is 1. The number of ketones is 1. The molecule has 3 N–H and O–H groups in total. The van der Waals surface area contributed by atoms with Crippen LogP contribution < -0.4 is 15.4 Å². The molecule has 3 heterocycles. The lowest BCUT2D eigenvalue weighted by Gasteiger charge is -2.60. The molecule has 2 aliphatic heterocycles. The molecule has 1 aromatic heterocycles. The Morgan fingerprint density at radius 2 is 1.90 bits per heavy atom. The quantitative estimate of drug-likeness (QED) is 0.442. The van der Waals surface area contributed by atoms with Crippen LogP contribution in [0.5, 0.6) is 5.75 Å². The number of anilines is 1. The summed E-state index contributed by atoms with van der Waals surface area (Å²) in [5.41, 5.74) is 8.55. The molecule has 11 heteroatoms. The molecule has 1 spiro atoms. The number of rotatable bonds is 9. The maximum Gasteiger partial charge on any atom is 0.409 e. The first kappa shape index (κ1) is 28.6. The third-order valence-corrected chi connectivity index (χ3v) is 7.51. The summed E-state index contributed by atoms with van der Waals surface area (Å²) in [6, 6.07) is 5.17. The summed E-state index contributed by atoms with van der Waals surface area (Å²) < 4.78 is 10.6. The van der Waals surface area contributed by atoms with Crippen LogP contribution in [0.2, 0.25) is 5.02 Å². The number of carbonyl (C=O) groups excluding carboxylic acids is 2. The van der Waals surface area contributed by atoms with E-state index in [1.807, 2.05) is 13.8 Å². The number of likely N-dealkylation sites (tertiary alicyclic amines) is 1. The molecule has 4 rings (SSSR count). The molecule has 10 nitrogen and oxygen atoms in total. The highest BCUT2D eigenvalue weighted by atomic mass is 35.5. The third kappa shape index (κ3) is 5.81. The minimum absolute atomic E-state index is 0.0142. The summed E-state index contributed by atoms with van der Waals surface area (Å²) in [6.07, 6.45) is 0.598. The topological polar surface area (TPSA) is 131 Å². The number of hydrogen-bond donors (Lipinski definition) is 2. The van der Waals surface area contributed by atoms with Crippen molar-refractivity contribution in [1.29, 1.82) is 0 Å². The van der Waals surface area contributed by atoms with Crippen LogP contribution in [-0.4, -0.2) is 77.9 Å². The van der Waals surface area contributed by atoms with Crippen molar-refractivity contribution in [2.45, 2.75) is 46.6 Å². The maximum absolute atomic E-state index is 12.6. The standard InChI is InChI=1S/C28H36ClN5O5/c1-6-7-19(36)11-39-20-8-9-22(29)21(10-20)25-31-24(23(17(3)30)18(4)35)16(2)26(32-25)33-12-28(13-33)14-34(15-28)27(37)38-5/h8-10,19,36H,6-7,11-15,30H2,1-5H3/t19-/m1/s1. The molecule has 1 aromatic carbocycles. The van der Waals surface area contributed by atoms with Crippen LogP contribution in [0.25, 0.3) is 17.0 Å². The Morgan fingerprint density at radius 1 is 1.21 bits per heavy atom. The minimum Gasteiger partial charge on any atom is -0.491 e. The van der Waals surface area contributed by atoms with Crippen LogP contribution in [0.15, 0.2) is 23.9 Å². The molecule has 39 heavy (non-hydrogen) atoms. The summed E-state index contributed by atoms with van der Waals surface area (Å²) >= 11 is 6.60. The van der Waals surface area contributed by atoms with Gasteiger partial charge >= 0.3 is 6.09 Å². The van der Waals surface area contributed by atoms with Crippen LogP contribution in [-0.2, 0) is 9.53 Å². The largest absolute Gasteiger partial charge is 0.491 e. The third-order valence-electron chi connectivity index (χ3n) is 7.18. The van der Waals surface area contributed by atoms with E-state index in [2.05, 4.69) is 4.90 Å². The van der Waals surface area contributed by atoms with Crippen LogP contribution in [0.1, 0.15) is 44.9 Å². The number of aliphatic hydroxyl groups is 1. The molecular formula is C28H36ClN5O5. The second-order valence-electron chi connectivity index (χ2n) is 10.5. The van der Waals surface area contributed by atoms with E-state index < -0.39 is 6.10 Å². The zero-order valence-electron chi connectivity index (χ0n) is 23.1. The number of hydrogen-bond acceptors (Lipinski definition) is 9. The van der Waals surface area contributed by atoms with Crippen LogP contribution in [0.4, 0.5) is 10.6 Å². The summed E-state index contributed by atoms with van der Waals surface area (Å²) in [4.78, 5) is 37.9. The Labute approximate surface area is 233 Å². The van der Waals surface area contributed by atoms with E-state index in [9.17, 15) is 14.7 Å². The summed E-state index contributed by atoms with van der Waals surface area (Å²) in [6.45, 7) is 9.81. The molecule has 2 aromatic rings. The van der Waals surface area contributed by atoms with Gasteiger partial charge in [0.25, 0.3) is 0 Å². The zero-order valence-corrected chi connectivity index (χ0v) is 23.8. The number of amides is 1. The molecule has 1 atom stereocenters. The molecule has 2 aliphatic rings. The van der Waals surface area contributed by atoms with Crippen molar-refractivity contribution in [2.24, 2.45) is 11.1 Å². The first-order chi connectivity index (χ1) is 18.5. The van der Waals surface area contributed by atoms with Crippen molar-refractivity contribution in [3.63, 3.8) is 0 Å². The average Bonchev–Trinajstić information content (AvgIpc) is 2.83. The zero-order chi connectivity index (χ0) is 28.5. The second-order valence-corrected chi connectivity index (χ2v) is 10.9. The second kappa shape index (κ2) is 11.4. The monoisotopic (exact) mass is 557 g/mol. The molecule has 0 saturated carbocycles. The van der Waals surface area contributed by atoms with E-state index in [0.29, 0.717) is 77.5 Å². The molecule has 210 valence electrons. The van der Waals surface area contributed by atoms with Gasteiger partial charge in [-0.1, -0.05) is 24.9 Å². The van der Waals surface area contributed by atoms with E-state index in [1.165, 1.54) is 14.0 Å². The van der Waals surface area contributed by atoms with E-state index in [1.54, 1.807) is 30.0 Å². The van der Waals surface area contributed by atoms with Gasteiger partial charge in [-0.3, -0.25) is 4.79 Å². The Kier molecular flexibility index (Phi) is 8.37. The minimum atomic E-state index is -0.570. The fraction of sp³-hybridized carbons (Fsp3) is 0.500. The SMILES string of the molecule is CCC[C@@H](O)COc1ccc(Cl)c(-c2nc(C(C(C)=O)=C(C)N)c(C)c(N3CC4(CN(C(=O)OC)C4)C3)n2)c1. The van der Waals surface area contributed by atoms with Crippen molar-refractivity contribution in [3.05, 3.63) is 40.2 Å². The van der Waals surface area contributed by atoms with Crippen molar-refractivity contribution >= 4 is 34.9 Å². The van der Waals surface area contributed by atoms with Gasteiger partial charge in [0, 0.05) is 48.4 Å². The molecule has 2 saturated heterocycles. The lowest BCUT2D eigenvalue weighted by atomic mass is 9.73. The first-order valence-electron chi connectivity index (χ1n) is 13.0. The van der Waals surface area contributed by atoms with Gasteiger partial charge in [0.2, 0.25) is 0 Å². The summed E-state index contributed by atoms with van der Waals surface area (Å²) in [5, 5.41) is 10.5. The van der Waals surface area contributed by atoms with E-state index >= 15 is 0 Å². The van der Waals surface area contributed by atoms with Gasteiger partial charge in [-0.25, -0.2) is 14.8 Å². The molecule has 0 unspecified atom stereocenters. The predicted octanol–water partition coefficient (Wildman–Crippen LogP) is 3.81. The fourth-order valence-electron chi connectivity index (χ4n) is 5.32. The van der Waals surface area contributed by atoms with Crippen LogP contribution >= 0.6 is 11.6 Å². The van der Waals surface area contributed by atoms with Crippen molar-refractivity contribution in [3.8, 4) is 17.1 Å². The molecular weight excluding hydrogens is 522 g/mol. The lowest BCUT2D eigenvalue weighted by molar-refractivity contribution is -0.111. The van der Waals surface area contributed by atoms with Gasteiger partial charge in [-0.2, -0.15) is 0 Å². The van der Waals surface area contributed by atoms with Gasteiger partial charge in [-0.05, 0) is 45.4 Å². The van der Waals surface area contributed by atoms with Crippen molar-refractivity contribution < 1.29 is 24.2 Å². The van der Waals surface area contributed by atoms with E-state index in [-0.39, 0.29) is 23.9 Å². The number of aromatic nitrogens is 2. The number of nitrogens with zero attached hydrogens (tertiary/aromatic N) is 4. The summed E-state index contributed by atoms with van der Waals surface area (Å²) in [7, 11) is 1.38. The van der Waals surface area contributed by atoms with Crippen LogP contribution in [0.3, 0.4) is 0 Å². The van der Waals surface area contributed by atoms with Gasteiger partial charge in [0.15, 0.2) is 11.6 Å². The predicted molar refractivity (Wildman–Crippen MR) is 150 cm³/mol. The average molecular weight is 558 g/mol. The number of carbonyl (C=O) groups is 2. The molecule has 1 amide bonds. The van der Waals surface area contributed by atoms with Gasteiger partial charge in [0.05, 0.1) is 29.5 Å². The molecule has 0 bridgehead atoms. The highest BCUT2D eigenvalue weighted by Crippen LogP contribution is 2.44. The molecule has 0 radical (unpaired) electrons. The molecule has 0 aliphatic carbocycles. The Balaban J connectivity index is 1.70. The Morgan fingerprint density at radius 3 is 2.49 bits per heavy atom. The summed E-state index contributed by atoms with van der Waals surface area (Å²) in [5.74, 6) is 1.34. The Hall–Kier alpha value is -3.37. The van der Waals surface area contributed by atoms with Crippen LogP contribution in [0, 0.1) is 12.3 Å². The van der Waals surface area contributed by atoms with Gasteiger partial charge < -0.3 is 30.1 Å². The number of allylic oxidation sites excluding steroid dienone is 2. The number of aliphatic hydroxyl groups excluding tert-OH is 1.